The van der Waals surface area contributed by atoms with Crippen LogP contribution in [0.3, 0.4) is 0 Å². The van der Waals surface area contributed by atoms with Crippen LogP contribution in [-0.4, -0.2) is 23.5 Å². The second kappa shape index (κ2) is 5.61. The molecule has 2 N–H and O–H groups in total. The molecule has 1 heterocycles. The molecule has 1 aromatic rings. The van der Waals surface area contributed by atoms with Crippen molar-refractivity contribution in [3.8, 4) is 0 Å². The topological polar surface area (TPSA) is 54.0 Å². The summed E-state index contributed by atoms with van der Waals surface area (Å²) in [7, 11) is 0. The molecule has 0 unspecified atom stereocenters. The first kappa shape index (κ1) is 12.6. The molecule has 0 spiro atoms. The summed E-state index contributed by atoms with van der Waals surface area (Å²) in [6, 6.07) is 4.14. The average molecular weight is 221 g/mol. The third kappa shape index (κ3) is 4.40. The molecule has 0 aliphatic heterocycles. The molecule has 0 aliphatic rings. The standard InChI is InChI=1S/C12H19N3O/c1-8(2)13-7-12(16)15-11-6-9(3)5-10(4)14-11/h5-6,8,13H,7H2,1-4H3,(H,14,15,16). The highest BCUT2D eigenvalue weighted by Crippen LogP contribution is 2.08. The van der Waals surface area contributed by atoms with E-state index in [2.05, 4.69) is 15.6 Å². The zero-order chi connectivity index (χ0) is 12.1. The van der Waals surface area contributed by atoms with E-state index in [0.29, 0.717) is 18.4 Å². The Morgan fingerprint density at radius 2 is 2.06 bits per heavy atom. The first-order chi connectivity index (χ1) is 7.47. The van der Waals surface area contributed by atoms with Gasteiger partial charge in [0, 0.05) is 11.7 Å². The monoisotopic (exact) mass is 221 g/mol. The minimum Gasteiger partial charge on any atom is -0.310 e. The molecule has 1 amide bonds. The van der Waals surface area contributed by atoms with Crippen LogP contribution in [0.5, 0.6) is 0 Å². The number of hydrogen-bond acceptors (Lipinski definition) is 3. The Kier molecular flexibility index (Phi) is 4.43. The largest absolute Gasteiger partial charge is 0.310 e. The van der Waals surface area contributed by atoms with Crippen LogP contribution >= 0.6 is 0 Å². The van der Waals surface area contributed by atoms with E-state index in [0.717, 1.165) is 11.3 Å². The SMILES string of the molecule is Cc1cc(C)nc(NC(=O)CNC(C)C)c1. The summed E-state index contributed by atoms with van der Waals surface area (Å²) in [5, 5.41) is 5.82. The zero-order valence-electron chi connectivity index (χ0n) is 10.3. The number of pyridine rings is 1. The maximum Gasteiger partial charge on any atom is 0.239 e. The van der Waals surface area contributed by atoms with Crippen LogP contribution in [0.2, 0.25) is 0 Å². The quantitative estimate of drug-likeness (QED) is 0.812. The van der Waals surface area contributed by atoms with Crippen molar-refractivity contribution in [2.24, 2.45) is 0 Å². The maximum atomic E-state index is 11.5. The van der Waals surface area contributed by atoms with Gasteiger partial charge in [0.2, 0.25) is 5.91 Å². The van der Waals surface area contributed by atoms with Crippen LogP contribution in [0.1, 0.15) is 25.1 Å². The zero-order valence-corrected chi connectivity index (χ0v) is 10.3. The Balaban J connectivity index is 2.56. The Bertz CT molecular complexity index is 354. The molecule has 88 valence electrons. The Morgan fingerprint density at radius 3 is 2.62 bits per heavy atom. The summed E-state index contributed by atoms with van der Waals surface area (Å²) in [6.07, 6.45) is 0. The summed E-state index contributed by atoms with van der Waals surface area (Å²) in [4.78, 5) is 15.8. The first-order valence-corrected chi connectivity index (χ1v) is 5.46. The van der Waals surface area contributed by atoms with Gasteiger partial charge in [-0.1, -0.05) is 13.8 Å². The van der Waals surface area contributed by atoms with Crippen LogP contribution < -0.4 is 10.6 Å². The van der Waals surface area contributed by atoms with Gasteiger partial charge in [0.15, 0.2) is 0 Å². The molecule has 0 fully saturated rings. The normalized spacial score (nSPS) is 10.6. The van der Waals surface area contributed by atoms with Crippen molar-refractivity contribution in [2.75, 3.05) is 11.9 Å². The number of hydrogen-bond donors (Lipinski definition) is 2. The van der Waals surface area contributed by atoms with Crippen molar-refractivity contribution in [3.05, 3.63) is 23.4 Å². The van der Waals surface area contributed by atoms with Gasteiger partial charge < -0.3 is 10.6 Å². The highest BCUT2D eigenvalue weighted by atomic mass is 16.1. The number of aromatic nitrogens is 1. The van der Waals surface area contributed by atoms with Gasteiger partial charge >= 0.3 is 0 Å². The molecule has 4 heteroatoms. The van der Waals surface area contributed by atoms with E-state index in [4.69, 9.17) is 0 Å². The van der Waals surface area contributed by atoms with Crippen molar-refractivity contribution in [2.45, 2.75) is 33.7 Å². The predicted molar refractivity (Wildman–Crippen MR) is 65.5 cm³/mol. The number of nitrogens with zero attached hydrogens (tertiary/aromatic N) is 1. The highest BCUT2D eigenvalue weighted by molar-refractivity contribution is 5.91. The molecular formula is C12H19N3O. The number of nitrogens with one attached hydrogen (secondary N) is 2. The fraction of sp³-hybridized carbons (Fsp3) is 0.500. The van der Waals surface area contributed by atoms with E-state index in [9.17, 15) is 4.79 Å². The Morgan fingerprint density at radius 1 is 1.38 bits per heavy atom. The molecule has 0 atom stereocenters. The maximum absolute atomic E-state index is 11.5. The Labute approximate surface area is 96.5 Å². The van der Waals surface area contributed by atoms with E-state index < -0.39 is 0 Å². The molecule has 0 aromatic carbocycles. The Hall–Kier alpha value is -1.42. The molecule has 0 saturated carbocycles. The van der Waals surface area contributed by atoms with Gasteiger partial charge in [-0.25, -0.2) is 4.98 Å². The number of carbonyl (C=O) groups is 1. The minimum atomic E-state index is -0.0637. The molecule has 1 aromatic heterocycles. The van der Waals surface area contributed by atoms with Crippen LogP contribution in [0, 0.1) is 13.8 Å². The third-order valence-electron chi connectivity index (χ3n) is 2.04. The molecule has 16 heavy (non-hydrogen) atoms. The molecule has 0 saturated heterocycles. The fourth-order valence-corrected chi connectivity index (χ4v) is 1.39. The summed E-state index contributed by atoms with van der Waals surface area (Å²) < 4.78 is 0. The van der Waals surface area contributed by atoms with E-state index in [1.165, 1.54) is 0 Å². The lowest BCUT2D eigenvalue weighted by Crippen LogP contribution is -2.32. The van der Waals surface area contributed by atoms with Crippen molar-refractivity contribution < 1.29 is 4.79 Å². The van der Waals surface area contributed by atoms with Gasteiger partial charge in [0.05, 0.1) is 6.54 Å². The number of anilines is 1. The van der Waals surface area contributed by atoms with Gasteiger partial charge in [-0.05, 0) is 31.5 Å². The molecule has 0 bridgehead atoms. The van der Waals surface area contributed by atoms with Gasteiger partial charge in [-0.3, -0.25) is 4.79 Å². The first-order valence-electron chi connectivity index (χ1n) is 5.46. The lowest BCUT2D eigenvalue weighted by Gasteiger charge is -2.09. The highest BCUT2D eigenvalue weighted by Gasteiger charge is 2.04. The molecule has 4 nitrogen and oxygen atoms in total. The fourth-order valence-electron chi connectivity index (χ4n) is 1.39. The number of amides is 1. The summed E-state index contributed by atoms with van der Waals surface area (Å²) >= 11 is 0. The lowest BCUT2D eigenvalue weighted by atomic mass is 10.2. The van der Waals surface area contributed by atoms with Crippen LogP contribution in [0.4, 0.5) is 5.82 Å². The number of aryl methyl sites for hydroxylation is 2. The van der Waals surface area contributed by atoms with E-state index in [1.54, 1.807) is 0 Å². The van der Waals surface area contributed by atoms with Gasteiger partial charge in [-0.15, -0.1) is 0 Å². The van der Waals surface area contributed by atoms with Crippen LogP contribution in [0.25, 0.3) is 0 Å². The second-order valence-electron chi connectivity index (χ2n) is 4.25. The van der Waals surface area contributed by atoms with E-state index in [1.807, 2.05) is 39.8 Å². The lowest BCUT2D eigenvalue weighted by molar-refractivity contribution is -0.115. The molecule has 0 radical (unpaired) electrons. The summed E-state index contributed by atoms with van der Waals surface area (Å²) in [5.74, 6) is 0.555. The van der Waals surface area contributed by atoms with E-state index in [-0.39, 0.29) is 5.91 Å². The smallest absolute Gasteiger partial charge is 0.239 e. The van der Waals surface area contributed by atoms with Crippen molar-refractivity contribution in [1.29, 1.82) is 0 Å². The summed E-state index contributed by atoms with van der Waals surface area (Å²) in [5.41, 5.74) is 2.01. The second-order valence-corrected chi connectivity index (χ2v) is 4.25. The predicted octanol–water partition coefficient (Wildman–Crippen LogP) is 1.63. The van der Waals surface area contributed by atoms with Crippen molar-refractivity contribution >= 4 is 11.7 Å². The van der Waals surface area contributed by atoms with Crippen LogP contribution in [-0.2, 0) is 4.79 Å². The van der Waals surface area contributed by atoms with Crippen molar-refractivity contribution in [3.63, 3.8) is 0 Å². The number of carbonyl (C=O) groups excluding carboxylic acids is 1. The number of rotatable bonds is 4. The molecule has 0 aliphatic carbocycles. The van der Waals surface area contributed by atoms with Crippen LogP contribution in [0.15, 0.2) is 12.1 Å². The summed E-state index contributed by atoms with van der Waals surface area (Å²) in [6.45, 7) is 8.21. The van der Waals surface area contributed by atoms with Crippen molar-refractivity contribution in [1.82, 2.24) is 10.3 Å². The molecule has 1 rings (SSSR count). The average Bonchev–Trinajstić information content (AvgIpc) is 2.12. The minimum absolute atomic E-state index is 0.0637. The van der Waals surface area contributed by atoms with Gasteiger partial charge in [-0.2, -0.15) is 0 Å². The van der Waals surface area contributed by atoms with Gasteiger partial charge in [0.25, 0.3) is 0 Å². The van der Waals surface area contributed by atoms with E-state index >= 15 is 0 Å². The third-order valence-corrected chi connectivity index (χ3v) is 2.04. The molecular weight excluding hydrogens is 202 g/mol. The van der Waals surface area contributed by atoms with Gasteiger partial charge in [0.1, 0.15) is 5.82 Å².